The average Bonchev–Trinajstić information content (AvgIpc) is 3.45. The van der Waals surface area contributed by atoms with Crippen LogP contribution in [0, 0.1) is 0 Å². The summed E-state index contributed by atoms with van der Waals surface area (Å²) < 4.78 is 12.8. The summed E-state index contributed by atoms with van der Waals surface area (Å²) in [5.74, 6) is -0.826. The highest BCUT2D eigenvalue weighted by atomic mass is 79.9. The summed E-state index contributed by atoms with van der Waals surface area (Å²) in [5.41, 5.74) is 1.79. The molecule has 1 aliphatic rings. The molecular weight excluding hydrogens is 454 g/mol. The van der Waals surface area contributed by atoms with Gasteiger partial charge in [0.25, 0.3) is 5.91 Å². The summed E-state index contributed by atoms with van der Waals surface area (Å²) in [6.45, 7) is -0.104. The number of methoxy groups -OCH3 is 1. The molecule has 2 aromatic heterocycles. The van der Waals surface area contributed by atoms with Gasteiger partial charge in [-0.05, 0) is 54.6 Å². The molecular formula is C21H16BrN3O5. The molecule has 0 atom stereocenters. The van der Waals surface area contributed by atoms with Gasteiger partial charge in [0.2, 0.25) is 5.76 Å². The molecule has 1 aliphatic heterocycles. The van der Waals surface area contributed by atoms with Gasteiger partial charge < -0.3 is 19.0 Å². The highest BCUT2D eigenvalue weighted by molar-refractivity contribution is 9.10. The molecule has 152 valence electrons. The first kappa shape index (κ1) is 19.7. The summed E-state index contributed by atoms with van der Waals surface area (Å²) in [6.07, 6.45) is 3.48. The number of imide groups is 1. The van der Waals surface area contributed by atoms with Crippen molar-refractivity contribution in [1.29, 1.82) is 0 Å². The van der Waals surface area contributed by atoms with Crippen molar-refractivity contribution in [3.63, 3.8) is 0 Å². The number of amides is 3. The summed E-state index contributed by atoms with van der Waals surface area (Å²) in [5, 5.41) is 2.59. The van der Waals surface area contributed by atoms with E-state index in [4.69, 9.17) is 4.42 Å². The van der Waals surface area contributed by atoms with Crippen LogP contribution in [0.1, 0.15) is 22.0 Å². The number of halogens is 1. The van der Waals surface area contributed by atoms with Crippen molar-refractivity contribution < 1.29 is 23.5 Å². The summed E-state index contributed by atoms with van der Waals surface area (Å²) in [4.78, 5) is 37.6. The standard InChI is InChI=1S/C21H16BrN3O5/c1-29-20(27)18-9-8-16(30-18)12-25-19(26)17(23-21(25)28)11-15-3-2-10-24(15)14-6-4-13(22)5-7-14/h2-11H,12H2,1H3,(H,23,28). The SMILES string of the molecule is COC(=O)c1ccc(CN2C(=O)NC(=Cc3cccn3-c3ccc(Br)cc3)C2=O)o1. The van der Waals surface area contributed by atoms with Gasteiger partial charge in [-0.1, -0.05) is 15.9 Å². The zero-order chi connectivity index (χ0) is 21.3. The lowest BCUT2D eigenvalue weighted by atomic mass is 10.2. The molecule has 3 heterocycles. The van der Waals surface area contributed by atoms with Crippen molar-refractivity contribution in [3.8, 4) is 5.69 Å². The first-order valence-corrected chi connectivity index (χ1v) is 9.70. The van der Waals surface area contributed by atoms with E-state index in [0.717, 1.165) is 20.8 Å². The second kappa shape index (κ2) is 8.03. The quantitative estimate of drug-likeness (QED) is 0.349. The number of rotatable bonds is 5. The minimum absolute atomic E-state index is 0.00245. The molecule has 0 unspecified atom stereocenters. The third kappa shape index (κ3) is 3.79. The van der Waals surface area contributed by atoms with Gasteiger partial charge in [0.1, 0.15) is 11.5 Å². The summed E-state index contributed by atoms with van der Waals surface area (Å²) in [6, 6.07) is 13.8. The predicted molar refractivity (Wildman–Crippen MR) is 111 cm³/mol. The van der Waals surface area contributed by atoms with Gasteiger partial charge in [0.05, 0.1) is 13.7 Å². The van der Waals surface area contributed by atoms with E-state index in [1.807, 2.05) is 47.2 Å². The number of nitrogens with one attached hydrogen (secondary N) is 1. The van der Waals surface area contributed by atoms with Crippen molar-refractivity contribution in [2.45, 2.75) is 6.54 Å². The van der Waals surface area contributed by atoms with Crippen LogP contribution in [0.4, 0.5) is 4.79 Å². The van der Waals surface area contributed by atoms with E-state index in [9.17, 15) is 14.4 Å². The summed E-state index contributed by atoms with van der Waals surface area (Å²) >= 11 is 3.41. The largest absolute Gasteiger partial charge is 0.463 e. The maximum Gasteiger partial charge on any atom is 0.373 e. The van der Waals surface area contributed by atoms with Crippen LogP contribution in [0.15, 0.2) is 69.3 Å². The van der Waals surface area contributed by atoms with Crippen molar-refractivity contribution in [2.75, 3.05) is 7.11 Å². The van der Waals surface area contributed by atoms with Gasteiger partial charge in [0.15, 0.2) is 0 Å². The Balaban J connectivity index is 1.55. The normalized spacial score (nSPS) is 15.0. The topological polar surface area (TPSA) is 93.8 Å². The molecule has 0 saturated carbocycles. The number of nitrogens with zero attached hydrogens (tertiary/aromatic N) is 2. The fraction of sp³-hybridized carbons (Fsp3) is 0.0952. The third-order valence-corrected chi connectivity index (χ3v) is 5.03. The fourth-order valence-electron chi connectivity index (χ4n) is 3.04. The molecule has 1 saturated heterocycles. The van der Waals surface area contributed by atoms with E-state index >= 15 is 0 Å². The van der Waals surface area contributed by atoms with Crippen LogP contribution in [-0.2, 0) is 16.1 Å². The molecule has 9 heteroatoms. The maximum atomic E-state index is 12.8. The second-order valence-corrected chi connectivity index (χ2v) is 7.33. The van der Waals surface area contributed by atoms with Crippen molar-refractivity contribution in [1.82, 2.24) is 14.8 Å². The van der Waals surface area contributed by atoms with Crippen LogP contribution in [0.2, 0.25) is 0 Å². The molecule has 4 rings (SSSR count). The van der Waals surface area contributed by atoms with E-state index in [1.165, 1.54) is 19.2 Å². The molecule has 0 radical (unpaired) electrons. The zero-order valence-electron chi connectivity index (χ0n) is 15.8. The van der Waals surface area contributed by atoms with Gasteiger partial charge >= 0.3 is 12.0 Å². The van der Waals surface area contributed by atoms with Crippen molar-refractivity contribution >= 4 is 39.9 Å². The average molecular weight is 470 g/mol. The number of benzene rings is 1. The molecule has 3 aromatic rings. The first-order valence-electron chi connectivity index (χ1n) is 8.91. The molecule has 1 aromatic carbocycles. The number of carbonyl (C=O) groups excluding carboxylic acids is 3. The van der Waals surface area contributed by atoms with Gasteiger partial charge in [-0.15, -0.1) is 0 Å². The Morgan fingerprint density at radius 1 is 1.17 bits per heavy atom. The van der Waals surface area contributed by atoms with Crippen LogP contribution < -0.4 is 5.32 Å². The molecule has 8 nitrogen and oxygen atoms in total. The van der Waals surface area contributed by atoms with Crippen molar-refractivity contribution in [3.05, 3.63) is 82.1 Å². The van der Waals surface area contributed by atoms with Gasteiger partial charge in [0, 0.05) is 22.1 Å². The van der Waals surface area contributed by atoms with E-state index in [0.29, 0.717) is 5.76 Å². The Labute approximate surface area is 179 Å². The third-order valence-electron chi connectivity index (χ3n) is 4.50. The number of aromatic nitrogens is 1. The fourth-order valence-corrected chi connectivity index (χ4v) is 3.30. The van der Waals surface area contributed by atoms with Crippen molar-refractivity contribution in [2.24, 2.45) is 0 Å². The number of urea groups is 1. The van der Waals surface area contributed by atoms with E-state index in [2.05, 4.69) is 26.0 Å². The second-order valence-electron chi connectivity index (χ2n) is 6.42. The highest BCUT2D eigenvalue weighted by Crippen LogP contribution is 2.21. The van der Waals surface area contributed by atoms with E-state index in [1.54, 1.807) is 6.08 Å². The lowest BCUT2D eigenvalue weighted by Gasteiger charge is -2.09. The number of hydrogen-bond acceptors (Lipinski definition) is 5. The number of furan rings is 1. The van der Waals surface area contributed by atoms with Gasteiger partial charge in [-0.3, -0.25) is 9.69 Å². The lowest BCUT2D eigenvalue weighted by Crippen LogP contribution is -2.30. The number of esters is 1. The Kier molecular flexibility index (Phi) is 5.28. The Morgan fingerprint density at radius 2 is 1.93 bits per heavy atom. The number of ether oxygens (including phenoxy) is 1. The molecule has 1 fully saturated rings. The molecule has 30 heavy (non-hydrogen) atoms. The Hall–Kier alpha value is -3.59. The predicted octanol–water partition coefficient (Wildman–Crippen LogP) is 3.71. The summed E-state index contributed by atoms with van der Waals surface area (Å²) in [7, 11) is 1.24. The minimum Gasteiger partial charge on any atom is -0.463 e. The van der Waals surface area contributed by atoms with Crippen LogP contribution in [0.3, 0.4) is 0 Å². The lowest BCUT2D eigenvalue weighted by molar-refractivity contribution is -0.123. The molecule has 0 spiro atoms. The number of carbonyl (C=O) groups is 3. The van der Waals surface area contributed by atoms with Crippen LogP contribution >= 0.6 is 15.9 Å². The van der Waals surface area contributed by atoms with E-state index < -0.39 is 17.9 Å². The van der Waals surface area contributed by atoms with Crippen LogP contribution in [0.5, 0.6) is 0 Å². The van der Waals surface area contributed by atoms with Gasteiger partial charge in [-0.25, -0.2) is 9.59 Å². The van der Waals surface area contributed by atoms with Gasteiger partial charge in [-0.2, -0.15) is 0 Å². The highest BCUT2D eigenvalue weighted by Gasteiger charge is 2.34. The van der Waals surface area contributed by atoms with Crippen LogP contribution in [0.25, 0.3) is 11.8 Å². The number of hydrogen-bond donors (Lipinski definition) is 1. The smallest absolute Gasteiger partial charge is 0.373 e. The monoisotopic (exact) mass is 469 g/mol. The first-order chi connectivity index (χ1) is 14.5. The molecule has 1 N–H and O–H groups in total. The molecule has 0 bridgehead atoms. The Morgan fingerprint density at radius 3 is 2.67 bits per heavy atom. The Bertz CT molecular complexity index is 1160. The molecule has 3 amide bonds. The maximum absolute atomic E-state index is 12.8. The minimum atomic E-state index is -0.632. The van der Waals surface area contributed by atoms with Crippen LogP contribution in [-0.4, -0.2) is 34.5 Å². The van der Waals surface area contributed by atoms with E-state index in [-0.39, 0.29) is 18.0 Å². The molecule has 0 aliphatic carbocycles. The zero-order valence-corrected chi connectivity index (χ0v) is 17.4.